The van der Waals surface area contributed by atoms with Crippen molar-refractivity contribution >= 4 is 11.7 Å². The molecule has 86 valence electrons. The lowest BCUT2D eigenvalue weighted by molar-refractivity contribution is -0.129. The number of rotatable bonds is 1. The van der Waals surface area contributed by atoms with Gasteiger partial charge in [0.05, 0.1) is 5.69 Å². The van der Waals surface area contributed by atoms with Crippen LogP contribution in [0.4, 0.5) is 5.82 Å². The minimum absolute atomic E-state index is 0.148. The first kappa shape index (κ1) is 10.9. The number of piperazine rings is 1. The third-order valence-electron chi connectivity index (χ3n) is 2.83. The SMILES string of the molecule is CC(=O)N1CCN(c2ccc(C)nn2)CC1. The Morgan fingerprint density at radius 3 is 2.38 bits per heavy atom. The second kappa shape index (κ2) is 4.47. The molecule has 0 unspecified atom stereocenters. The first-order valence-electron chi connectivity index (χ1n) is 5.47. The van der Waals surface area contributed by atoms with Crippen molar-refractivity contribution in [3.05, 3.63) is 17.8 Å². The Morgan fingerprint density at radius 2 is 1.88 bits per heavy atom. The molecule has 1 fully saturated rings. The molecule has 0 aromatic carbocycles. The molecule has 2 rings (SSSR count). The van der Waals surface area contributed by atoms with Crippen LogP contribution >= 0.6 is 0 Å². The van der Waals surface area contributed by atoms with Gasteiger partial charge in [0.25, 0.3) is 0 Å². The van der Waals surface area contributed by atoms with E-state index in [0.29, 0.717) is 0 Å². The lowest BCUT2D eigenvalue weighted by Gasteiger charge is -2.34. The van der Waals surface area contributed by atoms with Crippen LogP contribution in [0, 0.1) is 6.92 Å². The van der Waals surface area contributed by atoms with E-state index in [1.807, 2.05) is 24.0 Å². The summed E-state index contributed by atoms with van der Waals surface area (Å²) in [5, 5.41) is 8.18. The van der Waals surface area contributed by atoms with Gasteiger partial charge in [0.1, 0.15) is 0 Å². The molecule has 1 aromatic heterocycles. The van der Waals surface area contributed by atoms with Crippen LogP contribution in [0.3, 0.4) is 0 Å². The second-order valence-electron chi connectivity index (χ2n) is 4.03. The van der Waals surface area contributed by atoms with Gasteiger partial charge in [-0.1, -0.05) is 0 Å². The fourth-order valence-corrected chi connectivity index (χ4v) is 1.81. The van der Waals surface area contributed by atoms with E-state index in [1.54, 1.807) is 6.92 Å². The number of carbonyl (C=O) groups is 1. The highest BCUT2D eigenvalue weighted by Gasteiger charge is 2.19. The van der Waals surface area contributed by atoms with Gasteiger partial charge in [-0.2, -0.15) is 5.10 Å². The summed E-state index contributed by atoms with van der Waals surface area (Å²) in [6.45, 7) is 6.73. The summed E-state index contributed by atoms with van der Waals surface area (Å²) < 4.78 is 0. The largest absolute Gasteiger partial charge is 0.352 e. The number of aromatic nitrogens is 2. The molecule has 2 heterocycles. The maximum absolute atomic E-state index is 11.2. The molecule has 5 nitrogen and oxygen atoms in total. The summed E-state index contributed by atoms with van der Waals surface area (Å²) >= 11 is 0. The molecule has 0 N–H and O–H groups in total. The number of anilines is 1. The van der Waals surface area contributed by atoms with E-state index < -0.39 is 0 Å². The van der Waals surface area contributed by atoms with Crippen LogP contribution in [0.1, 0.15) is 12.6 Å². The number of nitrogens with zero attached hydrogens (tertiary/aromatic N) is 4. The fraction of sp³-hybridized carbons (Fsp3) is 0.545. The first-order valence-corrected chi connectivity index (χ1v) is 5.47. The van der Waals surface area contributed by atoms with Gasteiger partial charge in [-0.15, -0.1) is 5.10 Å². The maximum Gasteiger partial charge on any atom is 0.219 e. The molecule has 1 saturated heterocycles. The van der Waals surface area contributed by atoms with Crippen LogP contribution < -0.4 is 4.90 Å². The molecule has 16 heavy (non-hydrogen) atoms. The molecule has 5 heteroatoms. The average Bonchev–Trinajstić information content (AvgIpc) is 2.30. The number of aryl methyl sites for hydroxylation is 1. The van der Waals surface area contributed by atoms with Crippen LogP contribution in [0.15, 0.2) is 12.1 Å². The zero-order valence-corrected chi connectivity index (χ0v) is 9.68. The van der Waals surface area contributed by atoms with E-state index in [9.17, 15) is 4.79 Å². The zero-order valence-electron chi connectivity index (χ0n) is 9.68. The van der Waals surface area contributed by atoms with Crippen LogP contribution in [-0.4, -0.2) is 47.2 Å². The minimum Gasteiger partial charge on any atom is -0.352 e. The highest BCUT2D eigenvalue weighted by Crippen LogP contribution is 2.12. The summed E-state index contributed by atoms with van der Waals surface area (Å²) in [6, 6.07) is 3.94. The first-order chi connectivity index (χ1) is 7.66. The molecule has 0 saturated carbocycles. The van der Waals surface area contributed by atoms with E-state index in [-0.39, 0.29) is 5.91 Å². The van der Waals surface area contributed by atoms with Crippen molar-refractivity contribution in [2.45, 2.75) is 13.8 Å². The Bertz CT molecular complexity index is 368. The number of hydrogen-bond donors (Lipinski definition) is 0. The van der Waals surface area contributed by atoms with Crippen LogP contribution in [0.5, 0.6) is 0 Å². The summed E-state index contributed by atoms with van der Waals surface area (Å²) in [7, 11) is 0. The van der Waals surface area contributed by atoms with Crippen molar-refractivity contribution in [3.8, 4) is 0 Å². The molecule has 0 atom stereocenters. The molecule has 0 radical (unpaired) electrons. The maximum atomic E-state index is 11.2. The Balaban J connectivity index is 1.99. The average molecular weight is 220 g/mol. The van der Waals surface area contributed by atoms with Gasteiger partial charge < -0.3 is 9.80 Å². The second-order valence-corrected chi connectivity index (χ2v) is 4.03. The summed E-state index contributed by atoms with van der Waals surface area (Å²) in [5.41, 5.74) is 0.922. The summed E-state index contributed by atoms with van der Waals surface area (Å²) in [6.07, 6.45) is 0. The van der Waals surface area contributed by atoms with Crippen LogP contribution in [0.2, 0.25) is 0 Å². The van der Waals surface area contributed by atoms with Gasteiger partial charge in [-0.05, 0) is 19.1 Å². The molecular formula is C11H16N4O. The Kier molecular flexibility index (Phi) is 3.03. The monoisotopic (exact) mass is 220 g/mol. The molecule has 1 aliphatic heterocycles. The van der Waals surface area contributed by atoms with Crippen LogP contribution in [-0.2, 0) is 4.79 Å². The number of hydrogen-bond acceptors (Lipinski definition) is 4. The fourth-order valence-electron chi connectivity index (χ4n) is 1.81. The summed E-state index contributed by atoms with van der Waals surface area (Å²) in [4.78, 5) is 15.2. The topological polar surface area (TPSA) is 49.3 Å². The lowest BCUT2D eigenvalue weighted by atomic mass is 10.3. The van der Waals surface area contributed by atoms with E-state index in [0.717, 1.165) is 37.7 Å². The third-order valence-corrected chi connectivity index (χ3v) is 2.83. The molecule has 1 aromatic rings. The highest BCUT2D eigenvalue weighted by atomic mass is 16.2. The van der Waals surface area contributed by atoms with Crippen molar-refractivity contribution in [2.24, 2.45) is 0 Å². The van der Waals surface area contributed by atoms with Gasteiger partial charge in [-0.3, -0.25) is 4.79 Å². The van der Waals surface area contributed by atoms with Crippen molar-refractivity contribution in [2.75, 3.05) is 31.1 Å². The van der Waals surface area contributed by atoms with Crippen LogP contribution in [0.25, 0.3) is 0 Å². The molecule has 0 bridgehead atoms. The lowest BCUT2D eigenvalue weighted by Crippen LogP contribution is -2.48. The smallest absolute Gasteiger partial charge is 0.219 e. The van der Waals surface area contributed by atoms with Gasteiger partial charge in [0.2, 0.25) is 5.91 Å². The normalized spacial score (nSPS) is 16.4. The van der Waals surface area contributed by atoms with Gasteiger partial charge in [0.15, 0.2) is 5.82 Å². The quantitative estimate of drug-likeness (QED) is 0.689. The third kappa shape index (κ3) is 2.29. The predicted octanol–water partition coefficient (Wildman–Crippen LogP) is 0.454. The molecule has 0 aliphatic carbocycles. The minimum atomic E-state index is 0.148. The zero-order chi connectivity index (χ0) is 11.5. The molecule has 1 amide bonds. The molecular weight excluding hydrogens is 204 g/mol. The van der Waals surface area contributed by atoms with E-state index in [2.05, 4.69) is 15.1 Å². The standard InChI is InChI=1S/C11H16N4O/c1-9-3-4-11(13-12-9)15-7-5-14(6-8-15)10(2)16/h3-4H,5-8H2,1-2H3. The predicted molar refractivity (Wildman–Crippen MR) is 61.2 cm³/mol. The van der Waals surface area contributed by atoms with Crippen molar-refractivity contribution in [3.63, 3.8) is 0 Å². The summed E-state index contributed by atoms with van der Waals surface area (Å²) in [5.74, 6) is 1.04. The van der Waals surface area contributed by atoms with Crippen molar-refractivity contribution in [1.82, 2.24) is 15.1 Å². The van der Waals surface area contributed by atoms with Crippen molar-refractivity contribution < 1.29 is 4.79 Å². The van der Waals surface area contributed by atoms with Gasteiger partial charge in [-0.25, -0.2) is 0 Å². The van der Waals surface area contributed by atoms with E-state index in [4.69, 9.17) is 0 Å². The van der Waals surface area contributed by atoms with E-state index in [1.165, 1.54) is 0 Å². The highest BCUT2D eigenvalue weighted by molar-refractivity contribution is 5.73. The number of amides is 1. The van der Waals surface area contributed by atoms with Gasteiger partial charge >= 0.3 is 0 Å². The van der Waals surface area contributed by atoms with Crippen molar-refractivity contribution in [1.29, 1.82) is 0 Å². The van der Waals surface area contributed by atoms with E-state index >= 15 is 0 Å². The van der Waals surface area contributed by atoms with Gasteiger partial charge in [0, 0.05) is 33.1 Å². The Morgan fingerprint density at radius 1 is 1.19 bits per heavy atom. The molecule has 0 spiro atoms. The Hall–Kier alpha value is -1.65. The number of carbonyl (C=O) groups excluding carboxylic acids is 1. The Labute approximate surface area is 95.1 Å². The molecule has 1 aliphatic rings.